The fourth-order valence-corrected chi connectivity index (χ4v) is 4.77. The van der Waals surface area contributed by atoms with Crippen molar-refractivity contribution in [2.75, 3.05) is 13.7 Å². The number of thiazole rings is 1. The van der Waals surface area contributed by atoms with Gasteiger partial charge in [0.15, 0.2) is 5.60 Å². The minimum Gasteiger partial charge on any atom is -0.492 e. The van der Waals surface area contributed by atoms with Crippen LogP contribution in [0.2, 0.25) is 5.02 Å². The van der Waals surface area contributed by atoms with Gasteiger partial charge in [-0.05, 0) is 62.4 Å². The van der Waals surface area contributed by atoms with Gasteiger partial charge in [0.1, 0.15) is 30.9 Å². The van der Waals surface area contributed by atoms with Crippen LogP contribution in [-0.4, -0.2) is 40.7 Å². The van der Waals surface area contributed by atoms with E-state index in [4.69, 9.17) is 25.9 Å². The first kappa shape index (κ1) is 26.2. The molecule has 0 atom stereocenters. The number of benzene rings is 3. The van der Waals surface area contributed by atoms with Crippen LogP contribution >= 0.6 is 22.9 Å². The van der Waals surface area contributed by atoms with Crippen LogP contribution < -0.4 is 14.3 Å². The van der Waals surface area contributed by atoms with Crippen molar-refractivity contribution in [2.24, 2.45) is 5.16 Å². The Labute approximate surface area is 222 Å². The average molecular weight is 541 g/mol. The van der Waals surface area contributed by atoms with Gasteiger partial charge in [0.05, 0.1) is 16.8 Å². The Balaban J connectivity index is 1.47. The highest BCUT2D eigenvalue weighted by Gasteiger charge is 2.29. The molecule has 1 N–H and O–H groups in total. The van der Waals surface area contributed by atoms with Gasteiger partial charge in [0, 0.05) is 16.1 Å². The molecule has 0 saturated carbocycles. The van der Waals surface area contributed by atoms with Gasteiger partial charge in [0.2, 0.25) is 0 Å². The van der Waals surface area contributed by atoms with E-state index in [2.05, 4.69) is 5.16 Å². The van der Waals surface area contributed by atoms with E-state index in [9.17, 15) is 14.7 Å². The Morgan fingerprint density at radius 3 is 2.43 bits per heavy atom. The fourth-order valence-electron chi connectivity index (χ4n) is 3.62. The van der Waals surface area contributed by atoms with Gasteiger partial charge in [-0.3, -0.25) is 9.36 Å². The molecule has 1 aromatic heterocycles. The largest absolute Gasteiger partial charge is 0.492 e. The van der Waals surface area contributed by atoms with Gasteiger partial charge in [-0.1, -0.05) is 46.3 Å². The van der Waals surface area contributed by atoms with E-state index in [1.165, 1.54) is 21.0 Å². The number of halogens is 1. The van der Waals surface area contributed by atoms with Crippen LogP contribution in [0.1, 0.15) is 25.0 Å². The number of hydrogen-bond acceptors (Lipinski definition) is 7. The van der Waals surface area contributed by atoms with Crippen LogP contribution in [0.3, 0.4) is 0 Å². The number of carboxylic acids is 1. The molecule has 4 rings (SSSR count). The number of oxime groups is 1. The van der Waals surface area contributed by atoms with Crippen LogP contribution in [-0.2, 0) is 16.2 Å². The number of aromatic nitrogens is 1. The summed E-state index contributed by atoms with van der Waals surface area (Å²) in [6.45, 7) is 3.59. The monoisotopic (exact) mass is 540 g/mol. The van der Waals surface area contributed by atoms with Gasteiger partial charge in [-0.15, -0.1) is 0 Å². The average Bonchev–Trinajstić information content (AvgIpc) is 3.17. The second-order valence-corrected chi connectivity index (χ2v) is 10.0. The van der Waals surface area contributed by atoms with Crippen molar-refractivity contribution >= 4 is 44.8 Å². The normalized spacial score (nSPS) is 11.9. The maximum absolute atomic E-state index is 12.7. The first-order chi connectivity index (χ1) is 17.7. The van der Waals surface area contributed by atoms with Crippen molar-refractivity contribution < 1.29 is 24.2 Å². The lowest BCUT2D eigenvalue weighted by Crippen LogP contribution is -2.37. The highest BCUT2D eigenvalue weighted by Crippen LogP contribution is 2.24. The van der Waals surface area contributed by atoms with Crippen LogP contribution in [0.15, 0.2) is 76.7 Å². The molecule has 0 aliphatic heterocycles. The molecule has 4 aromatic rings. The van der Waals surface area contributed by atoms with Crippen molar-refractivity contribution in [1.29, 1.82) is 0 Å². The molecule has 37 heavy (non-hydrogen) atoms. The molecule has 10 heteroatoms. The minimum atomic E-state index is -1.34. The molecule has 1 heterocycles. The molecular weight excluding hydrogens is 516 g/mol. The van der Waals surface area contributed by atoms with Crippen LogP contribution in [0.4, 0.5) is 0 Å². The molecule has 0 saturated heterocycles. The maximum atomic E-state index is 12.7. The van der Waals surface area contributed by atoms with E-state index in [1.54, 1.807) is 41.0 Å². The summed E-state index contributed by atoms with van der Waals surface area (Å²) in [5, 5.41) is 14.0. The summed E-state index contributed by atoms with van der Waals surface area (Å²) in [6.07, 6.45) is 0. The Hall–Kier alpha value is -3.82. The van der Waals surface area contributed by atoms with Crippen LogP contribution in [0.25, 0.3) is 10.2 Å². The predicted molar refractivity (Wildman–Crippen MR) is 144 cm³/mol. The van der Waals surface area contributed by atoms with Gasteiger partial charge >= 0.3 is 10.8 Å². The van der Waals surface area contributed by atoms with Gasteiger partial charge in [0.25, 0.3) is 0 Å². The van der Waals surface area contributed by atoms with Crippen LogP contribution in [0.5, 0.6) is 11.5 Å². The number of rotatable bonds is 10. The number of hydrogen-bond donors (Lipinski definition) is 1. The molecule has 0 bridgehead atoms. The summed E-state index contributed by atoms with van der Waals surface area (Å²) in [7, 11) is 1.48. The fraction of sp³-hybridized carbons (Fsp3) is 0.222. The molecule has 0 aliphatic rings. The van der Waals surface area contributed by atoms with Crippen molar-refractivity contribution in [3.63, 3.8) is 0 Å². The quantitative estimate of drug-likeness (QED) is 0.212. The molecule has 0 aliphatic carbocycles. The number of nitrogens with zero attached hydrogens (tertiary/aromatic N) is 2. The smallest absolute Gasteiger partial charge is 0.347 e. The Bertz CT molecular complexity index is 1510. The van der Waals surface area contributed by atoms with Gasteiger partial charge in [-0.25, -0.2) is 4.79 Å². The Kier molecular flexibility index (Phi) is 7.85. The summed E-state index contributed by atoms with van der Waals surface area (Å²) in [6, 6.07) is 19.7. The highest BCUT2D eigenvalue weighted by molar-refractivity contribution is 7.16. The summed E-state index contributed by atoms with van der Waals surface area (Å²) < 4.78 is 13.8. The van der Waals surface area contributed by atoms with Gasteiger partial charge in [-0.2, -0.15) is 0 Å². The number of carbonyl (C=O) groups is 1. The maximum Gasteiger partial charge on any atom is 0.347 e. The summed E-state index contributed by atoms with van der Waals surface area (Å²) in [5.74, 6) is -0.0536. The second-order valence-electron chi connectivity index (χ2n) is 8.57. The summed E-state index contributed by atoms with van der Waals surface area (Å²) >= 11 is 7.30. The third-order valence-corrected chi connectivity index (χ3v) is 6.69. The lowest BCUT2D eigenvalue weighted by Gasteiger charge is -2.21. The highest BCUT2D eigenvalue weighted by atomic mass is 35.5. The molecule has 0 spiro atoms. The summed E-state index contributed by atoms with van der Waals surface area (Å²) in [4.78, 5) is 28.9. The number of fused-ring (bicyclic) bond motifs is 1. The SMILES string of the molecule is CO/N=C(/c1cccc(Cl)c1)c1ccc2c(c1)sc(=O)n2CCOc1ccc(OC(C)(C)C(=O)O)cc1. The second kappa shape index (κ2) is 11.1. The molecule has 0 fully saturated rings. The molecule has 0 amide bonds. The molecule has 0 unspecified atom stereocenters. The van der Waals surface area contributed by atoms with Crippen molar-refractivity contribution in [2.45, 2.75) is 26.0 Å². The summed E-state index contributed by atoms with van der Waals surface area (Å²) in [5.41, 5.74) is 1.67. The molecule has 8 nitrogen and oxygen atoms in total. The Morgan fingerprint density at radius 2 is 1.76 bits per heavy atom. The number of aliphatic carboxylic acids is 1. The van der Waals surface area contributed by atoms with E-state index in [0.717, 1.165) is 32.7 Å². The lowest BCUT2D eigenvalue weighted by atomic mass is 10.0. The van der Waals surface area contributed by atoms with Crippen molar-refractivity contribution in [3.05, 3.63) is 92.5 Å². The number of ether oxygens (including phenoxy) is 2. The third kappa shape index (κ3) is 6.12. The van der Waals surface area contributed by atoms with E-state index < -0.39 is 11.6 Å². The van der Waals surface area contributed by atoms with E-state index >= 15 is 0 Å². The molecular formula is C27H25ClN2O6S. The lowest BCUT2D eigenvalue weighted by molar-refractivity contribution is -0.152. The van der Waals surface area contributed by atoms with E-state index in [1.807, 2.05) is 30.3 Å². The van der Waals surface area contributed by atoms with Crippen molar-refractivity contribution in [3.8, 4) is 11.5 Å². The third-order valence-electron chi connectivity index (χ3n) is 5.52. The zero-order valence-corrected chi connectivity index (χ0v) is 22.0. The standard InChI is InChI=1S/C27H25ClN2O6S/c1-27(2,25(31)32)36-21-10-8-20(9-11-21)35-14-13-30-22-12-7-18(16-23(22)37-26(30)33)24(29-34-3)17-5-4-6-19(28)15-17/h4-12,15-16H,13-14H2,1-3H3,(H,31,32)/b29-24-. The minimum absolute atomic E-state index is 0.0941. The first-order valence-electron chi connectivity index (χ1n) is 11.3. The Morgan fingerprint density at radius 1 is 1.05 bits per heavy atom. The van der Waals surface area contributed by atoms with Crippen LogP contribution in [0, 0.1) is 0 Å². The number of carboxylic acid groups (broad SMARTS) is 1. The van der Waals surface area contributed by atoms with E-state index in [0.29, 0.717) is 28.8 Å². The van der Waals surface area contributed by atoms with Gasteiger partial charge < -0.3 is 19.4 Å². The predicted octanol–water partition coefficient (Wildman–Crippen LogP) is 5.44. The zero-order valence-electron chi connectivity index (χ0n) is 20.4. The topological polar surface area (TPSA) is 99.4 Å². The zero-order chi connectivity index (χ0) is 26.6. The molecule has 0 radical (unpaired) electrons. The van der Waals surface area contributed by atoms with E-state index in [-0.39, 0.29) is 11.5 Å². The first-order valence-corrected chi connectivity index (χ1v) is 12.5. The van der Waals surface area contributed by atoms with Crippen molar-refractivity contribution in [1.82, 2.24) is 4.57 Å². The molecule has 3 aromatic carbocycles. The molecule has 192 valence electrons.